The van der Waals surface area contributed by atoms with Crippen molar-refractivity contribution in [2.45, 2.75) is 71.4 Å². The van der Waals surface area contributed by atoms with Crippen LogP contribution in [0.4, 0.5) is 10.5 Å². The van der Waals surface area contributed by atoms with Crippen molar-refractivity contribution in [3.05, 3.63) is 63.6 Å². The summed E-state index contributed by atoms with van der Waals surface area (Å²) >= 11 is 12.4. The summed E-state index contributed by atoms with van der Waals surface area (Å²) in [6.07, 6.45) is 4.86. The Kier molecular flexibility index (Phi) is 9.48. The fourth-order valence-corrected chi connectivity index (χ4v) is 5.54. The largest absolute Gasteiger partial charge is 0.481 e. The topological polar surface area (TPSA) is 98.7 Å². The van der Waals surface area contributed by atoms with Crippen molar-refractivity contribution in [1.82, 2.24) is 10.2 Å². The zero-order valence-corrected chi connectivity index (χ0v) is 23.1. The molecule has 1 aliphatic rings. The van der Waals surface area contributed by atoms with E-state index in [2.05, 4.69) is 31.4 Å². The highest BCUT2D eigenvalue weighted by Crippen LogP contribution is 2.47. The molecule has 3 amide bonds. The molecule has 0 spiro atoms. The molecule has 1 aliphatic carbocycles. The number of amides is 3. The second-order valence-electron chi connectivity index (χ2n) is 10.6. The first-order valence-electron chi connectivity index (χ1n) is 12.6. The van der Waals surface area contributed by atoms with Gasteiger partial charge in [-0.1, -0.05) is 75.4 Å². The van der Waals surface area contributed by atoms with E-state index in [1.165, 1.54) is 0 Å². The summed E-state index contributed by atoms with van der Waals surface area (Å²) in [5.74, 6) is -1.30. The van der Waals surface area contributed by atoms with E-state index in [0.29, 0.717) is 27.8 Å². The minimum atomic E-state index is -0.968. The molecule has 2 aromatic rings. The number of carboxylic acids is 1. The fraction of sp³-hybridized carbons (Fsp3) is 0.464. The minimum absolute atomic E-state index is 0.0607. The normalized spacial score (nSPS) is 15.1. The standard InChI is InChI=1S/C28H35Cl2N3O4/c1-27(2,3)28(14-5-4-6-15-28)33(26(37)32-23-12-11-21(29)17-22(23)30)18-19-7-9-20(10-8-19)25(36)31-16-13-24(34)35/h7-12,17H,4-6,13-16,18H2,1-3H3,(H,31,36)(H,32,37)(H,34,35). The van der Waals surface area contributed by atoms with Gasteiger partial charge in [0.15, 0.2) is 0 Å². The van der Waals surface area contributed by atoms with Gasteiger partial charge < -0.3 is 20.6 Å². The number of rotatable bonds is 8. The van der Waals surface area contributed by atoms with Crippen LogP contribution in [0.5, 0.6) is 0 Å². The Bertz CT molecular complexity index is 1120. The molecule has 3 rings (SSSR count). The van der Waals surface area contributed by atoms with E-state index in [0.717, 1.165) is 37.7 Å². The van der Waals surface area contributed by atoms with Gasteiger partial charge in [-0.25, -0.2) is 4.79 Å². The van der Waals surface area contributed by atoms with Gasteiger partial charge >= 0.3 is 12.0 Å². The van der Waals surface area contributed by atoms with Crippen molar-refractivity contribution < 1.29 is 19.5 Å². The molecule has 0 atom stereocenters. The lowest BCUT2D eigenvalue weighted by atomic mass is 9.64. The summed E-state index contributed by atoms with van der Waals surface area (Å²) < 4.78 is 0. The predicted octanol–water partition coefficient (Wildman–Crippen LogP) is 6.98. The van der Waals surface area contributed by atoms with Crippen LogP contribution in [0.25, 0.3) is 0 Å². The van der Waals surface area contributed by atoms with Crippen LogP contribution < -0.4 is 10.6 Å². The highest BCUT2D eigenvalue weighted by molar-refractivity contribution is 6.36. The number of hydrogen-bond acceptors (Lipinski definition) is 3. The minimum Gasteiger partial charge on any atom is -0.481 e. The lowest BCUT2D eigenvalue weighted by Crippen LogP contribution is -2.60. The average Bonchev–Trinajstić information content (AvgIpc) is 2.84. The van der Waals surface area contributed by atoms with E-state index >= 15 is 0 Å². The SMILES string of the molecule is CC(C)(C)C1(N(Cc2ccc(C(=O)NCCC(=O)O)cc2)C(=O)Nc2ccc(Cl)cc2Cl)CCCCC1. The molecular weight excluding hydrogens is 513 g/mol. The molecule has 0 aromatic heterocycles. The molecule has 0 saturated heterocycles. The Morgan fingerprint density at radius 2 is 1.65 bits per heavy atom. The van der Waals surface area contributed by atoms with Gasteiger partial charge in [-0.3, -0.25) is 9.59 Å². The highest BCUT2D eigenvalue weighted by atomic mass is 35.5. The number of urea groups is 1. The Labute approximate surface area is 228 Å². The summed E-state index contributed by atoms with van der Waals surface area (Å²) in [6, 6.07) is 11.8. The van der Waals surface area contributed by atoms with Crippen LogP contribution >= 0.6 is 23.2 Å². The Balaban J connectivity index is 1.88. The van der Waals surface area contributed by atoms with E-state index in [-0.39, 0.29) is 35.9 Å². The van der Waals surface area contributed by atoms with Crippen LogP contribution in [0.1, 0.15) is 75.2 Å². The van der Waals surface area contributed by atoms with Crippen molar-refractivity contribution >= 4 is 46.8 Å². The van der Waals surface area contributed by atoms with E-state index in [1.54, 1.807) is 30.3 Å². The molecule has 0 aliphatic heterocycles. The lowest BCUT2D eigenvalue weighted by Gasteiger charge is -2.54. The number of carbonyl (C=O) groups is 3. The van der Waals surface area contributed by atoms with E-state index in [9.17, 15) is 14.4 Å². The molecule has 0 radical (unpaired) electrons. The van der Waals surface area contributed by atoms with E-state index in [1.807, 2.05) is 17.0 Å². The Hall–Kier alpha value is -2.77. The molecule has 1 saturated carbocycles. The summed E-state index contributed by atoms with van der Waals surface area (Å²) in [4.78, 5) is 38.8. The third-order valence-corrected chi connectivity index (χ3v) is 7.74. The average molecular weight is 549 g/mol. The number of nitrogens with zero attached hydrogens (tertiary/aromatic N) is 1. The van der Waals surface area contributed by atoms with Crippen molar-refractivity contribution in [2.75, 3.05) is 11.9 Å². The monoisotopic (exact) mass is 547 g/mol. The van der Waals surface area contributed by atoms with Crippen molar-refractivity contribution in [1.29, 1.82) is 0 Å². The van der Waals surface area contributed by atoms with Gasteiger partial charge in [0.05, 0.1) is 17.1 Å². The number of nitrogens with one attached hydrogen (secondary N) is 2. The number of aliphatic carboxylic acids is 1. The molecule has 7 nitrogen and oxygen atoms in total. The molecule has 9 heteroatoms. The van der Waals surface area contributed by atoms with Gasteiger partial charge in [0.2, 0.25) is 0 Å². The number of benzene rings is 2. The number of hydrogen-bond donors (Lipinski definition) is 3. The maximum absolute atomic E-state index is 13.9. The van der Waals surface area contributed by atoms with Crippen LogP contribution in [-0.4, -0.2) is 40.0 Å². The van der Waals surface area contributed by atoms with Crippen molar-refractivity contribution in [2.24, 2.45) is 5.41 Å². The second-order valence-corrected chi connectivity index (χ2v) is 11.4. The molecule has 200 valence electrons. The third kappa shape index (κ3) is 7.17. The molecular formula is C28H35Cl2N3O4. The van der Waals surface area contributed by atoms with Crippen LogP contribution in [0, 0.1) is 5.41 Å². The quantitative estimate of drug-likeness (QED) is 0.331. The van der Waals surface area contributed by atoms with E-state index < -0.39 is 5.97 Å². The number of anilines is 1. The molecule has 0 bridgehead atoms. The number of halogens is 2. The zero-order valence-electron chi connectivity index (χ0n) is 21.6. The van der Waals surface area contributed by atoms with Gasteiger partial charge in [-0.15, -0.1) is 0 Å². The summed E-state index contributed by atoms with van der Waals surface area (Å²) in [7, 11) is 0. The van der Waals surface area contributed by atoms with Crippen molar-refractivity contribution in [3.63, 3.8) is 0 Å². The van der Waals surface area contributed by atoms with Gasteiger partial charge in [0.1, 0.15) is 0 Å². The van der Waals surface area contributed by atoms with Gasteiger partial charge in [0, 0.05) is 29.2 Å². The first-order chi connectivity index (χ1) is 17.4. The third-order valence-electron chi connectivity index (χ3n) is 7.19. The number of carboxylic acid groups (broad SMARTS) is 1. The molecule has 3 N–H and O–H groups in total. The summed E-state index contributed by atoms with van der Waals surface area (Å²) in [5, 5.41) is 15.2. The fourth-order valence-electron chi connectivity index (χ4n) is 5.08. The van der Waals surface area contributed by atoms with Crippen LogP contribution in [0.15, 0.2) is 42.5 Å². The zero-order chi connectivity index (χ0) is 27.2. The Morgan fingerprint density at radius 3 is 2.22 bits per heavy atom. The van der Waals surface area contributed by atoms with Crippen LogP contribution in [0.2, 0.25) is 10.0 Å². The first-order valence-corrected chi connectivity index (χ1v) is 13.3. The molecule has 0 unspecified atom stereocenters. The summed E-state index contributed by atoms with van der Waals surface area (Å²) in [6.45, 7) is 6.95. The molecule has 0 heterocycles. The van der Waals surface area contributed by atoms with Crippen molar-refractivity contribution in [3.8, 4) is 0 Å². The number of carbonyl (C=O) groups excluding carboxylic acids is 2. The predicted molar refractivity (Wildman–Crippen MR) is 147 cm³/mol. The van der Waals surface area contributed by atoms with Crippen LogP contribution in [0.3, 0.4) is 0 Å². The first kappa shape index (κ1) is 28.8. The Morgan fingerprint density at radius 1 is 1.00 bits per heavy atom. The lowest BCUT2D eigenvalue weighted by molar-refractivity contribution is -0.136. The second kappa shape index (κ2) is 12.2. The van der Waals surface area contributed by atoms with Crippen LogP contribution in [-0.2, 0) is 11.3 Å². The van der Waals surface area contributed by atoms with E-state index in [4.69, 9.17) is 28.3 Å². The van der Waals surface area contributed by atoms with Gasteiger partial charge in [-0.05, 0) is 54.2 Å². The molecule has 1 fully saturated rings. The summed E-state index contributed by atoms with van der Waals surface area (Å²) in [5.41, 5.74) is 1.25. The van der Waals surface area contributed by atoms with Gasteiger partial charge in [-0.2, -0.15) is 0 Å². The smallest absolute Gasteiger partial charge is 0.322 e. The maximum atomic E-state index is 13.9. The maximum Gasteiger partial charge on any atom is 0.322 e. The highest BCUT2D eigenvalue weighted by Gasteiger charge is 2.49. The van der Waals surface area contributed by atoms with Gasteiger partial charge in [0.25, 0.3) is 5.91 Å². The molecule has 2 aromatic carbocycles. The molecule has 37 heavy (non-hydrogen) atoms.